The average molecular weight is 526 g/mol. The van der Waals surface area contributed by atoms with Crippen LogP contribution in [0.4, 0.5) is 0 Å². The summed E-state index contributed by atoms with van der Waals surface area (Å²) in [6.45, 7) is 4.32. The number of aryl methyl sites for hydroxylation is 2. The van der Waals surface area contributed by atoms with Crippen LogP contribution in [0.3, 0.4) is 0 Å². The molecule has 3 heteroatoms. The number of allylic oxidation sites excluding steroid dienone is 4. The molecule has 2 atom stereocenters. The SMILES string of the molecule is COC1(c2ccccc2C)C=CC([Te]C2=CCC(OC)(c3ccccc3C)C=C2)=CC1. The number of methoxy groups -OCH3 is 2. The van der Waals surface area contributed by atoms with Crippen LogP contribution in [0.15, 0.2) is 92.2 Å². The third kappa shape index (κ3) is 4.38. The van der Waals surface area contributed by atoms with E-state index in [4.69, 9.17) is 9.47 Å². The summed E-state index contributed by atoms with van der Waals surface area (Å²) in [6, 6.07) is 17.0. The van der Waals surface area contributed by atoms with Gasteiger partial charge in [0.05, 0.1) is 0 Å². The standard InChI is InChI=1S/C28H30O2Te/c1-21-9-5-7-11-25(21)27(29-3)17-13-23(14-18-27)31-24-15-19-28(30-4,20-16-24)26-12-8-6-10-22(26)2/h5-17,19H,18,20H2,1-4H3. The molecule has 31 heavy (non-hydrogen) atoms. The molecular weight excluding hydrogens is 496 g/mol. The van der Waals surface area contributed by atoms with Gasteiger partial charge in [-0.1, -0.05) is 0 Å². The van der Waals surface area contributed by atoms with Crippen LogP contribution in [-0.2, 0) is 20.7 Å². The van der Waals surface area contributed by atoms with E-state index in [-0.39, 0.29) is 11.2 Å². The number of rotatable bonds is 6. The molecule has 2 nitrogen and oxygen atoms in total. The maximum absolute atomic E-state index is 6.02. The van der Waals surface area contributed by atoms with Crippen molar-refractivity contribution in [2.45, 2.75) is 37.9 Å². The first-order valence-electron chi connectivity index (χ1n) is 10.7. The van der Waals surface area contributed by atoms with Crippen molar-refractivity contribution in [2.24, 2.45) is 0 Å². The van der Waals surface area contributed by atoms with Crippen LogP contribution < -0.4 is 0 Å². The van der Waals surface area contributed by atoms with Gasteiger partial charge in [0.25, 0.3) is 0 Å². The molecular formula is C28H30O2Te. The molecule has 160 valence electrons. The van der Waals surface area contributed by atoms with Gasteiger partial charge in [-0.3, -0.25) is 0 Å². The fourth-order valence-corrected chi connectivity index (χ4v) is 7.02. The van der Waals surface area contributed by atoms with Crippen molar-refractivity contribution >= 4 is 20.9 Å². The fourth-order valence-electron chi connectivity index (χ4n) is 4.52. The minimum absolute atomic E-state index is 0.353. The second kappa shape index (κ2) is 9.31. The Morgan fingerprint density at radius 3 is 1.42 bits per heavy atom. The van der Waals surface area contributed by atoms with E-state index in [0.29, 0.717) is 0 Å². The van der Waals surface area contributed by atoms with E-state index in [1.54, 1.807) is 0 Å². The second-order valence-corrected chi connectivity index (χ2v) is 11.5. The van der Waals surface area contributed by atoms with Crippen molar-refractivity contribution in [3.8, 4) is 0 Å². The number of ether oxygens (including phenoxy) is 2. The van der Waals surface area contributed by atoms with Crippen LogP contribution in [0.2, 0.25) is 0 Å². The molecule has 4 rings (SSSR count). The Morgan fingerprint density at radius 1 is 0.677 bits per heavy atom. The summed E-state index contributed by atoms with van der Waals surface area (Å²) in [7, 11) is 3.63. The van der Waals surface area contributed by atoms with Crippen LogP contribution in [0.25, 0.3) is 0 Å². The van der Waals surface area contributed by atoms with Gasteiger partial charge < -0.3 is 0 Å². The Morgan fingerprint density at radius 2 is 1.10 bits per heavy atom. The zero-order valence-corrected chi connectivity index (χ0v) is 21.1. The van der Waals surface area contributed by atoms with Gasteiger partial charge in [0.1, 0.15) is 0 Å². The first-order valence-corrected chi connectivity index (χ1v) is 13.0. The Balaban J connectivity index is 1.48. The molecule has 0 radical (unpaired) electrons. The van der Waals surface area contributed by atoms with E-state index in [1.807, 2.05) is 14.2 Å². The van der Waals surface area contributed by atoms with Crippen LogP contribution in [0.1, 0.15) is 35.1 Å². The van der Waals surface area contributed by atoms with E-state index in [1.165, 1.54) is 29.5 Å². The predicted octanol–water partition coefficient (Wildman–Crippen LogP) is 6.08. The van der Waals surface area contributed by atoms with Crippen LogP contribution >= 0.6 is 0 Å². The van der Waals surface area contributed by atoms with Gasteiger partial charge in [-0.05, 0) is 0 Å². The van der Waals surface area contributed by atoms with E-state index < -0.39 is 20.9 Å². The Hall–Kier alpha value is -1.89. The Kier molecular flexibility index (Phi) is 6.70. The van der Waals surface area contributed by atoms with Gasteiger partial charge in [-0.2, -0.15) is 0 Å². The van der Waals surface area contributed by atoms with Crippen molar-refractivity contribution < 1.29 is 9.47 Å². The second-order valence-electron chi connectivity index (χ2n) is 8.21. The van der Waals surface area contributed by atoms with Crippen LogP contribution in [0, 0.1) is 13.8 Å². The van der Waals surface area contributed by atoms with Gasteiger partial charge in [0.2, 0.25) is 0 Å². The van der Waals surface area contributed by atoms with Crippen LogP contribution in [-0.4, -0.2) is 35.1 Å². The topological polar surface area (TPSA) is 18.5 Å². The van der Waals surface area contributed by atoms with Crippen LogP contribution in [0.5, 0.6) is 0 Å². The Bertz CT molecular complexity index is 992. The molecule has 2 aliphatic rings. The molecule has 0 spiro atoms. The molecule has 0 bridgehead atoms. The molecule has 0 saturated carbocycles. The minimum atomic E-state index is -0.441. The zero-order valence-electron chi connectivity index (χ0n) is 18.7. The normalized spacial score (nSPS) is 25.3. The molecule has 2 aromatic carbocycles. The van der Waals surface area contributed by atoms with Crippen molar-refractivity contribution in [1.82, 2.24) is 0 Å². The molecule has 0 saturated heterocycles. The monoisotopic (exact) mass is 528 g/mol. The number of benzene rings is 2. The van der Waals surface area contributed by atoms with Crippen molar-refractivity contribution in [1.29, 1.82) is 0 Å². The summed E-state index contributed by atoms with van der Waals surface area (Å²) in [5.74, 6) is 0. The first-order chi connectivity index (χ1) is 15.0. The average Bonchev–Trinajstić information content (AvgIpc) is 2.81. The van der Waals surface area contributed by atoms with Gasteiger partial charge >= 0.3 is 197 Å². The van der Waals surface area contributed by atoms with Crippen molar-refractivity contribution in [2.75, 3.05) is 14.2 Å². The van der Waals surface area contributed by atoms with E-state index in [2.05, 4.69) is 98.8 Å². The third-order valence-corrected chi connectivity index (χ3v) is 9.49. The van der Waals surface area contributed by atoms with Crippen molar-refractivity contribution in [3.63, 3.8) is 0 Å². The molecule has 0 aromatic heterocycles. The van der Waals surface area contributed by atoms with E-state index >= 15 is 0 Å². The molecule has 2 unspecified atom stereocenters. The van der Waals surface area contributed by atoms with Gasteiger partial charge in [-0.25, -0.2) is 0 Å². The van der Waals surface area contributed by atoms with E-state index in [0.717, 1.165) is 12.8 Å². The summed E-state index contributed by atoms with van der Waals surface area (Å²) < 4.78 is 15.0. The number of hydrogen-bond acceptors (Lipinski definition) is 2. The zero-order chi connectivity index (χ0) is 21.9. The molecule has 0 fully saturated rings. The molecule has 0 aliphatic heterocycles. The predicted molar refractivity (Wildman–Crippen MR) is 129 cm³/mol. The van der Waals surface area contributed by atoms with Gasteiger partial charge in [-0.15, -0.1) is 0 Å². The first kappa shape index (κ1) is 22.3. The van der Waals surface area contributed by atoms with Gasteiger partial charge in [0, 0.05) is 0 Å². The summed E-state index contributed by atoms with van der Waals surface area (Å²) in [4.78, 5) is 0. The summed E-state index contributed by atoms with van der Waals surface area (Å²) in [5, 5.41) is 0. The summed E-state index contributed by atoms with van der Waals surface area (Å²) in [6.07, 6.45) is 15.6. The third-order valence-electron chi connectivity index (χ3n) is 6.41. The summed E-state index contributed by atoms with van der Waals surface area (Å²) in [5.41, 5.74) is 4.34. The molecule has 2 aromatic rings. The maximum atomic E-state index is 6.02. The summed E-state index contributed by atoms with van der Waals surface area (Å²) >= 11 is -0.441. The van der Waals surface area contributed by atoms with Gasteiger partial charge in [0.15, 0.2) is 0 Å². The fraction of sp³-hybridized carbons (Fsp3) is 0.286. The number of hydrogen-bond donors (Lipinski definition) is 0. The molecule has 2 aliphatic carbocycles. The molecule has 0 N–H and O–H groups in total. The quantitative estimate of drug-likeness (QED) is 0.426. The van der Waals surface area contributed by atoms with E-state index in [9.17, 15) is 0 Å². The molecule has 0 heterocycles. The van der Waals surface area contributed by atoms with Crippen molar-refractivity contribution in [3.05, 3.63) is 114 Å². The molecule has 0 amide bonds. The Labute approximate surface area is 196 Å².